The topological polar surface area (TPSA) is 44.1 Å². The molecule has 1 aliphatic heterocycles. The van der Waals surface area contributed by atoms with E-state index in [2.05, 4.69) is 4.98 Å². The molecule has 1 unspecified atom stereocenters. The van der Waals surface area contributed by atoms with Crippen LogP contribution in [0, 0.1) is 0 Å². The molecule has 6 heteroatoms. The lowest BCUT2D eigenvalue weighted by atomic mass is 10.2. The van der Waals surface area contributed by atoms with Crippen molar-refractivity contribution in [3.63, 3.8) is 0 Å². The van der Waals surface area contributed by atoms with Gasteiger partial charge in [0.05, 0.1) is 19.0 Å². The molecule has 1 aromatic rings. The molecule has 0 N–H and O–H groups in total. The van der Waals surface area contributed by atoms with Crippen molar-refractivity contribution < 1.29 is 4.74 Å². The van der Waals surface area contributed by atoms with Crippen LogP contribution in [0.15, 0.2) is 11.1 Å². The predicted molar refractivity (Wildman–Crippen MR) is 57.5 cm³/mol. The van der Waals surface area contributed by atoms with Crippen LogP contribution in [-0.4, -0.2) is 22.3 Å². The van der Waals surface area contributed by atoms with Crippen LogP contribution in [0.2, 0.25) is 10.2 Å². The van der Waals surface area contributed by atoms with E-state index in [1.54, 1.807) is 0 Å². The minimum absolute atomic E-state index is 0.0304. The van der Waals surface area contributed by atoms with Gasteiger partial charge in [-0.1, -0.05) is 23.2 Å². The summed E-state index contributed by atoms with van der Waals surface area (Å²) in [5.41, 5.74) is -0.313. The van der Waals surface area contributed by atoms with E-state index in [1.807, 2.05) is 0 Å². The molecule has 2 heterocycles. The average Bonchev–Trinajstić information content (AvgIpc) is 2.72. The van der Waals surface area contributed by atoms with Crippen molar-refractivity contribution in [2.24, 2.45) is 0 Å². The highest BCUT2D eigenvalue weighted by atomic mass is 35.5. The van der Waals surface area contributed by atoms with Gasteiger partial charge in [-0.15, -0.1) is 0 Å². The zero-order chi connectivity index (χ0) is 10.8. The maximum atomic E-state index is 11.6. The third-order valence-electron chi connectivity index (χ3n) is 2.36. The third kappa shape index (κ3) is 2.33. The summed E-state index contributed by atoms with van der Waals surface area (Å²) in [7, 11) is 0. The normalized spacial score (nSPS) is 20.8. The third-order valence-corrected chi connectivity index (χ3v) is 3.09. The standard InChI is InChI=1S/C9H10Cl2N2O2/c10-7-8(11)12-5-13(9(7)14)4-6-2-1-3-15-6/h5-6H,1-4H2. The summed E-state index contributed by atoms with van der Waals surface area (Å²) in [6, 6.07) is 0. The van der Waals surface area contributed by atoms with Gasteiger partial charge in [-0.05, 0) is 12.8 Å². The molecule has 0 amide bonds. The first-order chi connectivity index (χ1) is 7.18. The smallest absolute Gasteiger partial charge is 0.273 e. The molecular weight excluding hydrogens is 239 g/mol. The average molecular weight is 249 g/mol. The molecule has 1 saturated heterocycles. The summed E-state index contributed by atoms with van der Waals surface area (Å²) in [5.74, 6) is 0. The summed E-state index contributed by atoms with van der Waals surface area (Å²) < 4.78 is 6.85. The molecule has 1 atom stereocenters. The van der Waals surface area contributed by atoms with Crippen LogP contribution >= 0.6 is 23.2 Å². The van der Waals surface area contributed by atoms with Crippen LogP contribution in [0.3, 0.4) is 0 Å². The van der Waals surface area contributed by atoms with E-state index in [0.717, 1.165) is 19.4 Å². The second-order valence-corrected chi connectivity index (χ2v) is 4.18. The number of nitrogens with zero attached hydrogens (tertiary/aromatic N) is 2. The summed E-state index contributed by atoms with van der Waals surface area (Å²) in [6.45, 7) is 1.25. The van der Waals surface area contributed by atoms with Crippen molar-refractivity contribution in [1.82, 2.24) is 9.55 Å². The number of rotatable bonds is 2. The second-order valence-electron chi connectivity index (χ2n) is 3.44. The lowest BCUT2D eigenvalue weighted by molar-refractivity contribution is 0.0959. The van der Waals surface area contributed by atoms with Gasteiger partial charge in [0.15, 0.2) is 5.15 Å². The van der Waals surface area contributed by atoms with Gasteiger partial charge in [-0.25, -0.2) is 4.98 Å². The summed E-state index contributed by atoms with van der Waals surface area (Å²) in [5, 5.41) is 0.0161. The lowest BCUT2D eigenvalue weighted by Crippen LogP contribution is -2.27. The fourth-order valence-corrected chi connectivity index (χ4v) is 1.86. The Morgan fingerprint density at radius 2 is 2.40 bits per heavy atom. The van der Waals surface area contributed by atoms with Gasteiger partial charge in [0, 0.05) is 6.61 Å². The number of aromatic nitrogens is 2. The van der Waals surface area contributed by atoms with E-state index in [9.17, 15) is 4.79 Å². The van der Waals surface area contributed by atoms with Crippen molar-refractivity contribution in [3.8, 4) is 0 Å². The minimum atomic E-state index is -0.313. The first-order valence-corrected chi connectivity index (χ1v) is 5.46. The number of halogens is 2. The van der Waals surface area contributed by atoms with E-state index < -0.39 is 0 Å². The Morgan fingerprint density at radius 3 is 3.07 bits per heavy atom. The Bertz CT molecular complexity index is 413. The highest BCUT2D eigenvalue weighted by molar-refractivity contribution is 6.40. The minimum Gasteiger partial charge on any atom is -0.376 e. The van der Waals surface area contributed by atoms with Crippen molar-refractivity contribution >= 4 is 23.2 Å². The first-order valence-electron chi connectivity index (χ1n) is 4.70. The van der Waals surface area contributed by atoms with Gasteiger partial charge < -0.3 is 4.74 Å². The Labute approximate surface area is 96.8 Å². The van der Waals surface area contributed by atoms with Gasteiger partial charge in [-0.2, -0.15) is 0 Å². The van der Waals surface area contributed by atoms with E-state index >= 15 is 0 Å². The number of ether oxygens (including phenoxy) is 1. The molecular formula is C9H10Cl2N2O2. The Morgan fingerprint density at radius 1 is 1.60 bits per heavy atom. The molecule has 1 fully saturated rings. The van der Waals surface area contributed by atoms with Gasteiger partial charge in [-0.3, -0.25) is 9.36 Å². The van der Waals surface area contributed by atoms with Crippen molar-refractivity contribution in [1.29, 1.82) is 0 Å². The van der Waals surface area contributed by atoms with Crippen molar-refractivity contribution in [2.75, 3.05) is 6.61 Å². The van der Waals surface area contributed by atoms with Gasteiger partial charge in [0.1, 0.15) is 5.02 Å². The first kappa shape index (κ1) is 10.9. The molecule has 15 heavy (non-hydrogen) atoms. The maximum absolute atomic E-state index is 11.6. The van der Waals surface area contributed by atoms with Crippen molar-refractivity contribution in [3.05, 3.63) is 26.9 Å². The van der Waals surface area contributed by atoms with Crippen LogP contribution in [0.4, 0.5) is 0 Å². The molecule has 0 aliphatic carbocycles. The number of hydrogen-bond acceptors (Lipinski definition) is 3. The van der Waals surface area contributed by atoms with Crippen molar-refractivity contribution in [2.45, 2.75) is 25.5 Å². The Balaban J connectivity index is 2.21. The lowest BCUT2D eigenvalue weighted by Gasteiger charge is -2.11. The van der Waals surface area contributed by atoms with Crippen LogP contribution in [-0.2, 0) is 11.3 Å². The highest BCUT2D eigenvalue weighted by Gasteiger charge is 2.17. The molecule has 4 nitrogen and oxygen atoms in total. The van der Waals surface area contributed by atoms with E-state index in [0.29, 0.717) is 6.54 Å². The fraction of sp³-hybridized carbons (Fsp3) is 0.556. The Kier molecular flexibility index (Phi) is 3.29. The number of hydrogen-bond donors (Lipinski definition) is 0. The highest BCUT2D eigenvalue weighted by Crippen LogP contribution is 2.15. The summed E-state index contributed by atoms with van der Waals surface area (Å²) in [6.07, 6.45) is 3.49. The zero-order valence-corrected chi connectivity index (χ0v) is 9.46. The summed E-state index contributed by atoms with van der Waals surface area (Å²) >= 11 is 11.3. The molecule has 0 aromatic carbocycles. The molecule has 0 bridgehead atoms. The quantitative estimate of drug-likeness (QED) is 0.749. The predicted octanol–water partition coefficient (Wildman–Crippen LogP) is 1.73. The monoisotopic (exact) mass is 248 g/mol. The molecule has 2 rings (SSSR count). The molecule has 1 aromatic heterocycles. The van der Waals surface area contributed by atoms with Gasteiger partial charge in [0.2, 0.25) is 0 Å². The summed E-state index contributed by atoms with van der Waals surface area (Å²) in [4.78, 5) is 15.5. The maximum Gasteiger partial charge on any atom is 0.273 e. The van der Waals surface area contributed by atoms with Gasteiger partial charge in [0.25, 0.3) is 5.56 Å². The van der Waals surface area contributed by atoms with E-state index in [-0.39, 0.29) is 21.8 Å². The largest absolute Gasteiger partial charge is 0.376 e. The fourth-order valence-electron chi connectivity index (χ4n) is 1.58. The molecule has 0 saturated carbocycles. The Hall–Kier alpha value is -0.580. The van der Waals surface area contributed by atoms with E-state index in [4.69, 9.17) is 27.9 Å². The van der Waals surface area contributed by atoms with Gasteiger partial charge >= 0.3 is 0 Å². The zero-order valence-electron chi connectivity index (χ0n) is 7.95. The molecule has 0 spiro atoms. The molecule has 1 aliphatic rings. The van der Waals surface area contributed by atoms with Crippen LogP contribution in [0.25, 0.3) is 0 Å². The molecule has 0 radical (unpaired) electrons. The van der Waals surface area contributed by atoms with Crippen LogP contribution in [0.5, 0.6) is 0 Å². The SMILES string of the molecule is O=c1c(Cl)c(Cl)ncn1CC1CCCO1. The molecule has 82 valence electrons. The van der Waals surface area contributed by atoms with Crippen LogP contribution in [0.1, 0.15) is 12.8 Å². The second kappa shape index (κ2) is 4.51. The van der Waals surface area contributed by atoms with Crippen LogP contribution < -0.4 is 5.56 Å². The van der Waals surface area contributed by atoms with E-state index in [1.165, 1.54) is 10.9 Å².